The van der Waals surface area contributed by atoms with Gasteiger partial charge >= 0.3 is 0 Å². The Bertz CT molecular complexity index is 392. The van der Waals surface area contributed by atoms with Gasteiger partial charge in [0.2, 0.25) is 0 Å². The van der Waals surface area contributed by atoms with Gasteiger partial charge in [0.05, 0.1) is 5.60 Å². The highest BCUT2D eigenvalue weighted by Crippen LogP contribution is 2.44. The number of nitrogens with zero attached hydrogens (tertiary/aromatic N) is 1. The summed E-state index contributed by atoms with van der Waals surface area (Å²) in [5.41, 5.74) is 0.0741. The number of rotatable bonds is 3. The van der Waals surface area contributed by atoms with E-state index in [1.807, 2.05) is 20.2 Å². The van der Waals surface area contributed by atoms with E-state index in [2.05, 4.69) is 4.90 Å². The fraction of sp³-hybridized carbons (Fsp3) is 0.571. The van der Waals surface area contributed by atoms with Gasteiger partial charge in [-0.25, -0.2) is 0 Å². The van der Waals surface area contributed by atoms with Crippen LogP contribution in [0.5, 0.6) is 5.75 Å². The quantitative estimate of drug-likeness (QED) is 0.841. The maximum Gasteiger partial charge on any atom is 0.115 e. The molecule has 0 radical (unpaired) electrons. The lowest BCUT2D eigenvalue weighted by molar-refractivity contribution is -0.0112. The first-order valence-electron chi connectivity index (χ1n) is 6.19. The number of hydrogen-bond donors (Lipinski definition) is 2. The maximum atomic E-state index is 10.9. The average Bonchev–Trinajstić information content (AvgIpc) is 2.61. The van der Waals surface area contributed by atoms with Crippen LogP contribution in [0.3, 0.4) is 0 Å². The molecule has 1 aromatic rings. The van der Waals surface area contributed by atoms with Crippen molar-refractivity contribution in [2.75, 3.05) is 20.6 Å². The number of phenols is 1. The minimum Gasteiger partial charge on any atom is -0.508 e. The molecule has 1 aliphatic carbocycles. The van der Waals surface area contributed by atoms with Gasteiger partial charge in [0, 0.05) is 12.5 Å². The molecule has 0 heterocycles. The fourth-order valence-corrected chi connectivity index (χ4v) is 2.90. The minimum atomic E-state index is -0.775. The van der Waals surface area contributed by atoms with Crippen LogP contribution < -0.4 is 0 Å². The largest absolute Gasteiger partial charge is 0.508 e. The summed E-state index contributed by atoms with van der Waals surface area (Å²) in [6.45, 7) is 0.881. The lowest BCUT2D eigenvalue weighted by Crippen LogP contribution is -2.36. The van der Waals surface area contributed by atoms with Crippen molar-refractivity contribution < 1.29 is 10.2 Å². The van der Waals surface area contributed by atoms with Crippen LogP contribution in [-0.4, -0.2) is 35.8 Å². The average molecular weight is 235 g/mol. The summed E-state index contributed by atoms with van der Waals surface area (Å²) in [4.78, 5) is 2.11. The van der Waals surface area contributed by atoms with Crippen molar-refractivity contribution in [3.8, 4) is 5.75 Å². The Morgan fingerprint density at radius 1 is 1.41 bits per heavy atom. The Kier molecular flexibility index (Phi) is 3.40. The van der Waals surface area contributed by atoms with Crippen molar-refractivity contribution in [1.82, 2.24) is 4.90 Å². The zero-order valence-corrected chi connectivity index (χ0v) is 10.6. The predicted molar refractivity (Wildman–Crippen MR) is 67.9 cm³/mol. The van der Waals surface area contributed by atoms with Gasteiger partial charge in [-0.3, -0.25) is 0 Å². The summed E-state index contributed by atoms with van der Waals surface area (Å²) < 4.78 is 0. The van der Waals surface area contributed by atoms with Crippen molar-refractivity contribution in [3.63, 3.8) is 0 Å². The second kappa shape index (κ2) is 4.67. The van der Waals surface area contributed by atoms with Gasteiger partial charge in [-0.05, 0) is 51.1 Å². The van der Waals surface area contributed by atoms with Crippen LogP contribution in [0.15, 0.2) is 24.3 Å². The number of phenolic OH excluding ortho intramolecular Hbond substituents is 1. The molecule has 1 fully saturated rings. The number of aliphatic hydroxyl groups is 1. The van der Waals surface area contributed by atoms with E-state index in [9.17, 15) is 10.2 Å². The van der Waals surface area contributed by atoms with Gasteiger partial charge in [-0.15, -0.1) is 0 Å². The zero-order chi connectivity index (χ0) is 12.5. The summed E-state index contributed by atoms with van der Waals surface area (Å²) in [6, 6.07) is 7.04. The summed E-state index contributed by atoms with van der Waals surface area (Å²) in [6.07, 6.45) is 2.88. The molecule has 2 rings (SSSR count). The van der Waals surface area contributed by atoms with Crippen molar-refractivity contribution in [1.29, 1.82) is 0 Å². The smallest absolute Gasteiger partial charge is 0.115 e. The molecular formula is C14H21NO2. The minimum absolute atomic E-state index is 0.228. The Morgan fingerprint density at radius 2 is 2.18 bits per heavy atom. The Labute approximate surface area is 103 Å². The molecule has 0 aliphatic heterocycles. The van der Waals surface area contributed by atoms with Gasteiger partial charge < -0.3 is 15.1 Å². The molecule has 17 heavy (non-hydrogen) atoms. The molecule has 1 saturated carbocycles. The lowest BCUT2D eigenvalue weighted by atomic mass is 9.83. The molecule has 0 aromatic heterocycles. The van der Waals surface area contributed by atoms with Gasteiger partial charge in [0.1, 0.15) is 5.75 Å². The van der Waals surface area contributed by atoms with Crippen LogP contribution in [0.4, 0.5) is 0 Å². The van der Waals surface area contributed by atoms with Crippen LogP contribution in [0, 0.1) is 5.92 Å². The molecular weight excluding hydrogens is 214 g/mol. The SMILES string of the molecule is CN(C)CC1CCCC1(O)c1cccc(O)c1. The molecule has 0 amide bonds. The number of hydrogen-bond acceptors (Lipinski definition) is 3. The van der Waals surface area contributed by atoms with Crippen LogP contribution in [0.2, 0.25) is 0 Å². The Morgan fingerprint density at radius 3 is 2.82 bits per heavy atom. The molecule has 0 saturated heterocycles. The Balaban J connectivity index is 2.27. The van der Waals surface area contributed by atoms with Crippen molar-refractivity contribution >= 4 is 0 Å². The van der Waals surface area contributed by atoms with Crippen molar-refractivity contribution in [3.05, 3.63) is 29.8 Å². The maximum absolute atomic E-state index is 10.9. The normalized spacial score (nSPS) is 28.8. The van der Waals surface area contributed by atoms with Crippen LogP contribution in [-0.2, 0) is 5.60 Å². The molecule has 0 spiro atoms. The summed E-state index contributed by atoms with van der Waals surface area (Å²) in [5.74, 6) is 0.478. The first-order valence-corrected chi connectivity index (χ1v) is 6.19. The molecule has 1 aliphatic rings. The predicted octanol–water partition coefficient (Wildman–Crippen LogP) is 1.94. The fourth-order valence-electron chi connectivity index (χ4n) is 2.90. The zero-order valence-electron chi connectivity index (χ0n) is 10.6. The van der Waals surface area contributed by atoms with Crippen LogP contribution >= 0.6 is 0 Å². The topological polar surface area (TPSA) is 43.7 Å². The van der Waals surface area contributed by atoms with E-state index < -0.39 is 5.60 Å². The van der Waals surface area contributed by atoms with Crippen molar-refractivity contribution in [2.24, 2.45) is 5.92 Å². The molecule has 3 heteroatoms. The summed E-state index contributed by atoms with van der Waals surface area (Å²) in [5, 5.41) is 20.4. The van der Waals surface area contributed by atoms with E-state index in [-0.39, 0.29) is 11.7 Å². The first-order chi connectivity index (χ1) is 8.02. The van der Waals surface area contributed by atoms with E-state index >= 15 is 0 Å². The molecule has 3 nitrogen and oxygen atoms in total. The van der Waals surface area contributed by atoms with Crippen molar-refractivity contribution in [2.45, 2.75) is 24.9 Å². The van der Waals surface area contributed by atoms with E-state index in [0.29, 0.717) is 0 Å². The number of benzene rings is 1. The third-order valence-corrected chi connectivity index (χ3v) is 3.72. The lowest BCUT2D eigenvalue weighted by Gasteiger charge is -2.32. The third kappa shape index (κ3) is 2.45. The molecule has 94 valence electrons. The second-order valence-electron chi connectivity index (χ2n) is 5.33. The van der Waals surface area contributed by atoms with E-state index in [0.717, 1.165) is 31.4 Å². The standard InChI is InChI=1S/C14H21NO2/c1-15(2)10-12-6-4-8-14(12,17)11-5-3-7-13(16)9-11/h3,5,7,9,12,16-17H,4,6,8,10H2,1-2H3. The van der Waals surface area contributed by atoms with Crippen LogP contribution in [0.25, 0.3) is 0 Å². The van der Waals surface area contributed by atoms with E-state index in [1.54, 1.807) is 18.2 Å². The highest BCUT2D eigenvalue weighted by atomic mass is 16.3. The highest BCUT2D eigenvalue weighted by molar-refractivity contribution is 5.32. The number of aromatic hydroxyl groups is 1. The van der Waals surface area contributed by atoms with Crippen LogP contribution in [0.1, 0.15) is 24.8 Å². The molecule has 2 atom stereocenters. The van der Waals surface area contributed by atoms with E-state index in [4.69, 9.17) is 0 Å². The van der Waals surface area contributed by atoms with E-state index in [1.165, 1.54) is 0 Å². The van der Waals surface area contributed by atoms with Gasteiger partial charge in [-0.1, -0.05) is 12.1 Å². The third-order valence-electron chi connectivity index (χ3n) is 3.72. The highest BCUT2D eigenvalue weighted by Gasteiger charge is 2.42. The van der Waals surface area contributed by atoms with Gasteiger partial charge in [-0.2, -0.15) is 0 Å². The first kappa shape index (κ1) is 12.4. The Hall–Kier alpha value is -1.06. The summed E-state index contributed by atoms with van der Waals surface area (Å²) >= 11 is 0. The summed E-state index contributed by atoms with van der Waals surface area (Å²) in [7, 11) is 4.06. The molecule has 2 unspecified atom stereocenters. The van der Waals surface area contributed by atoms with Gasteiger partial charge in [0.25, 0.3) is 0 Å². The monoisotopic (exact) mass is 235 g/mol. The molecule has 2 N–H and O–H groups in total. The van der Waals surface area contributed by atoms with Gasteiger partial charge in [0.15, 0.2) is 0 Å². The second-order valence-corrected chi connectivity index (χ2v) is 5.33. The molecule has 1 aromatic carbocycles. The molecule has 0 bridgehead atoms.